The normalized spacial score (nSPS) is 18.0. The molecule has 1 aromatic carbocycles. The first-order valence-electron chi connectivity index (χ1n) is 6.64. The van der Waals surface area contributed by atoms with Crippen molar-refractivity contribution in [2.45, 2.75) is 32.4 Å². The third-order valence-corrected chi connectivity index (χ3v) is 3.86. The molecule has 1 N–H and O–H groups in total. The summed E-state index contributed by atoms with van der Waals surface area (Å²) in [4.78, 5) is 0. The number of nitrogens with one attached hydrogen (secondary N) is 1. The Morgan fingerprint density at radius 3 is 3.00 bits per heavy atom. The van der Waals surface area contributed by atoms with E-state index < -0.39 is 0 Å². The van der Waals surface area contributed by atoms with Crippen molar-refractivity contribution in [3.63, 3.8) is 0 Å². The lowest BCUT2D eigenvalue weighted by molar-refractivity contribution is 0.590. The molecule has 1 unspecified atom stereocenters. The van der Waals surface area contributed by atoms with Crippen LogP contribution in [0.4, 0.5) is 0 Å². The maximum absolute atomic E-state index is 4.34. The van der Waals surface area contributed by atoms with E-state index in [1.54, 1.807) is 0 Å². The minimum Gasteiger partial charge on any atom is -0.313 e. The van der Waals surface area contributed by atoms with Crippen LogP contribution in [0, 0.1) is 0 Å². The molecule has 2 aromatic rings. The summed E-state index contributed by atoms with van der Waals surface area (Å²) in [5.41, 5.74) is 5.44. The van der Waals surface area contributed by atoms with Gasteiger partial charge in [-0.3, -0.25) is 4.68 Å². The third-order valence-electron chi connectivity index (χ3n) is 3.86. The Labute approximate surface area is 108 Å². The minimum absolute atomic E-state index is 0.535. The van der Waals surface area contributed by atoms with Gasteiger partial charge in [-0.15, -0.1) is 0 Å². The fraction of sp³-hybridized carbons (Fsp3) is 0.400. The van der Waals surface area contributed by atoms with Gasteiger partial charge in [-0.05, 0) is 43.5 Å². The fourth-order valence-electron chi connectivity index (χ4n) is 2.78. The average Bonchev–Trinajstić information content (AvgIpc) is 3.04. The molecule has 0 amide bonds. The third kappa shape index (κ3) is 1.85. The summed E-state index contributed by atoms with van der Waals surface area (Å²) in [5.74, 6) is 0. The standard InChI is InChI=1S/C15H19N3/c1-3-18-10-13(9-17-18)11-4-6-14-12(8-11)5-7-15(14)16-2/h4,6,8-10,15-16H,3,5,7H2,1-2H3. The van der Waals surface area contributed by atoms with E-state index in [4.69, 9.17) is 0 Å². The SMILES string of the molecule is CCn1cc(-c2ccc3c(c2)CCC3NC)cn1. The maximum atomic E-state index is 4.34. The van der Waals surface area contributed by atoms with E-state index in [1.165, 1.54) is 35.1 Å². The van der Waals surface area contributed by atoms with Crippen molar-refractivity contribution in [3.8, 4) is 11.1 Å². The van der Waals surface area contributed by atoms with Crippen LogP contribution in [0.3, 0.4) is 0 Å². The number of benzene rings is 1. The summed E-state index contributed by atoms with van der Waals surface area (Å²) in [6.07, 6.45) is 6.46. The van der Waals surface area contributed by atoms with Crippen molar-refractivity contribution in [1.29, 1.82) is 0 Å². The van der Waals surface area contributed by atoms with Crippen LogP contribution in [0.15, 0.2) is 30.6 Å². The summed E-state index contributed by atoms with van der Waals surface area (Å²) in [7, 11) is 2.04. The van der Waals surface area contributed by atoms with Crippen molar-refractivity contribution in [2.75, 3.05) is 7.05 Å². The molecule has 3 nitrogen and oxygen atoms in total. The topological polar surface area (TPSA) is 29.9 Å². The number of hydrogen-bond donors (Lipinski definition) is 1. The van der Waals surface area contributed by atoms with Crippen LogP contribution < -0.4 is 5.32 Å². The Hall–Kier alpha value is -1.61. The highest BCUT2D eigenvalue weighted by molar-refractivity contribution is 5.64. The van der Waals surface area contributed by atoms with Crippen LogP contribution in [-0.4, -0.2) is 16.8 Å². The molecule has 0 fully saturated rings. The Balaban J connectivity index is 1.95. The number of rotatable bonds is 3. The van der Waals surface area contributed by atoms with Gasteiger partial charge in [-0.1, -0.05) is 18.2 Å². The van der Waals surface area contributed by atoms with Crippen molar-refractivity contribution >= 4 is 0 Å². The van der Waals surface area contributed by atoms with E-state index in [1.807, 2.05) is 17.9 Å². The lowest BCUT2D eigenvalue weighted by atomic mass is 10.0. The number of aromatic nitrogens is 2. The van der Waals surface area contributed by atoms with Crippen LogP contribution in [0.25, 0.3) is 11.1 Å². The van der Waals surface area contributed by atoms with Gasteiger partial charge in [0.25, 0.3) is 0 Å². The van der Waals surface area contributed by atoms with Crippen molar-refractivity contribution in [3.05, 3.63) is 41.7 Å². The molecular weight excluding hydrogens is 222 g/mol. The van der Waals surface area contributed by atoms with E-state index in [-0.39, 0.29) is 0 Å². The van der Waals surface area contributed by atoms with Crippen LogP contribution in [0.1, 0.15) is 30.5 Å². The number of aryl methyl sites for hydroxylation is 2. The van der Waals surface area contributed by atoms with E-state index in [9.17, 15) is 0 Å². The highest BCUT2D eigenvalue weighted by Gasteiger charge is 2.21. The Bertz CT molecular complexity index is 557. The number of nitrogens with zero attached hydrogens (tertiary/aromatic N) is 2. The summed E-state index contributed by atoms with van der Waals surface area (Å²) < 4.78 is 1.97. The highest BCUT2D eigenvalue weighted by atomic mass is 15.3. The molecule has 0 bridgehead atoms. The molecule has 3 rings (SSSR count). The first-order valence-corrected chi connectivity index (χ1v) is 6.64. The molecule has 1 aromatic heterocycles. The van der Waals surface area contributed by atoms with Gasteiger partial charge in [0.2, 0.25) is 0 Å². The van der Waals surface area contributed by atoms with Crippen molar-refractivity contribution < 1.29 is 0 Å². The van der Waals surface area contributed by atoms with Gasteiger partial charge in [0.15, 0.2) is 0 Å². The molecule has 1 heterocycles. The van der Waals surface area contributed by atoms with E-state index in [2.05, 4.69) is 41.7 Å². The molecule has 1 atom stereocenters. The fourth-order valence-corrected chi connectivity index (χ4v) is 2.78. The quantitative estimate of drug-likeness (QED) is 0.895. The second-order valence-electron chi connectivity index (χ2n) is 4.88. The molecule has 1 aliphatic carbocycles. The van der Waals surface area contributed by atoms with Crippen LogP contribution in [0.5, 0.6) is 0 Å². The van der Waals surface area contributed by atoms with Gasteiger partial charge in [0, 0.05) is 24.3 Å². The van der Waals surface area contributed by atoms with Gasteiger partial charge >= 0.3 is 0 Å². The lowest BCUT2D eigenvalue weighted by Crippen LogP contribution is -2.12. The summed E-state index contributed by atoms with van der Waals surface area (Å²) in [6, 6.07) is 7.34. The maximum Gasteiger partial charge on any atom is 0.0568 e. The monoisotopic (exact) mass is 241 g/mol. The molecule has 0 saturated carbocycles. The molecule has 0 spiro atoms. The summed E-state index contributed by atoms with van der Waals surface area (Å²) in [6.45, 7) is 3.03. The second-order valence-corrected chi connectivity index (χ2v) is 4.88. The van der Waals surface area contributed by atoms with Gasteiger partial charge in [0.1, 0.15) is 0 Å². The van der Waals surface area contributed by atoms with E-state index in [0.717, 1.165) is 6.54 Å². The second kappa shape index (κ2) is 4.58. The smallest absolute Gasteiger partial charge is 0.0568 e. The zero-order chi connectivity index (χ0) is 12.5. The summed E-state index contributed by atoms with van der Waals surface area (Å²) in [5, 5.41) is 7.72. The van der Waals surface area contributed by atoms with Crippen LogP contribution in [0.2, 0.25) is 0 Å². The van der Waals surface area contributed by atoms with Gasteiger partial charge in [0.05, 0.1) is 6.20 Å². The first kappa shape index (κ1) is 11.5. The molecule has 94 valence electrons. The minimum atomic E-state index is 0.535. The van der Waals surface area contributed by atoms with Gasteiger partial charge < -0.3 is 5.32 Å². The zero-order valence-corrected chi connectivity index (χ0v) is 11.0. The highest BCUT2D eigenvalue weighted by Crippen LogP contribution is 2.33. The lowest BCUT2D eigenvalue weighted by Gasteiger charge is -2.10. The molecule has 0 radical (unpaired) electrons. The molecule has 3 heteroatoms. The molecule has 0 saturated heterocycles. The van der Waals surface area contributed by atoms with Crippen LogP contribution in [-0.2, 0) is 13.0 Å². The van der Waals surface area contributed by atoms with E-state index >= 15 is 0 Å². The molecule has 1 aliphatic rings. The first-order chi connectivity index (χ1) is 8.81. The Morgan fingerprint density at radius 1 is 1.39 bits per heavy atom. The van der Waals surface area contributed by atoms with Crippen molar-refractivity contribution in [1.82, 2.24) is 15.1 Å². The Morgan fingerprint density at radius 2 is 2.28 bits per heavy atom. The predicted molar refractivity (Wildman–Crippen MR) is 73.5 cm³/mol. The number of hydrogen-bond acceptors (Lipinski definition) is 2. The zero-order valence-electron chi connectivity index (χ0n) is 11.0. The van der Waals surface area contributed by atoms with Crippen molar-refractivity contribution in [2.24, 2.45) is 0 Å². The predicted octanol–water partition coefficient (Wildman–Crippen LogP) is 2.78. The molecule has 0 aliphatic heterocycles. The summed E-state index contributed by atoms with van der Waals surface area (Å²) >= 11 is 0. The van der Waals surface area contributed by atoms with Gasteiger partial charge in [-0.25, -0.2) is 0 Å². The Kier molecular flexibility index (Phi) is 2.92. The van der Waals surface area contributed by atoms with E-state index in [0.29, 0.717) is 6.04 Å². The molecule has 18 heavy (non-hydrogen) atoms. The molecular formula is C15H19N3. The van der Waals surface area contributed by atoms with Gasteiger partial charge in [-0.2, -0.15) is 5.10 Å². The number of fused-ring (bicyclic) bond motifs is 1. The average molecular weight is 241 g/mol. The largest absolute Gasteiger partial charge is 0.313 e. The van der Waals surface area contributed by atoms with Crippen LogP contribution >= 0.6 is 0 Å².